The van der Waals surface area contributed by atoms with E-state index in [-0.39, 0.29) is 0 Å². The standard InChI is InChI=1S/C14H18N/c1-11-6-4-5-7-13(11)14-8-9-15(3)10-12(14)2/h4-10,12,14H,1-3H3/q+1/t12-,14?/m0/s1. The van der Waals surface area contributed by atoms with Gasteiger partial charge in [-0.15, -0.1) is 0 Å². The largest absolute Gasteiger partial charge is 0.212 e. The van der Waals surface area contributed by atoms with Gasteiger partial charge in [-0.1, -0.05) is 31.2 Å². The first-order valence-electron chi connectivity index (χ1n) is 5.49. The van der Waals surface area contributed by atoms with Crippen molar-refractivity contribution in [2.24, 2.45) is 5.92 Å². The van der Waals surface area contributed by atoms with Crippen LogP contribution in [0.1, 0.15) is 24.0 Å². The molecule has 0 bridgehead atoms. The summed E-state index contributed by atoms with van der Waals surface area (Å²) in [4.78, 5) is 0. The Balaban J connectivity index is 2.34. The molecule has 2 rings (SSSR count). The van der Waals surface area contributed by atoms with Crippen molar-refractivity contribution in [1.29, 1.82) is 0 Å². The van der Waals surface area contributed by atoms with Gasteiger partial charge in [0, 0.05) is 11.8 Å². The molecule has 0 saturated carbocycles. The maximum absolute atomic E-state index is 2.30. The first-order valence-corrected chi connectivity index (χ1v) is 5.49. The molecule has 1 nitrogen and oxygen atoms in total. The molecular weight excluding hydrogens is 182 g/mol. The number of hydrogen-bond acceptors (Lipinski definition) is 0. The zero-order valence-electron chi connectivity index (χ0n) is 9.64. The molecule has 1 aromatic rings. The van der Waals surface area contributed by atoms with Crippen LogP contribution in [0.2, 0.25) is 0 Å². The van der Waals surface area contributed by atoms with Crippen LogP contribution < -0.4 is 0 Å². The van der Waals surface area contributed by atoms with Crippen LogP contribution in [0.25, 0.3) is 0 Å². The van der Waals surface area contributed by atoms with E-state index in [0.29, 0.717) is 11.8 Å². The molecule has 0 amide bonds. The predicted octanol–water partition coefficient (Wildman–Crippen LogP) is 2.96. The smallest absolute Gasteiger partial charge is 0.164 e. The molecule has 2 atom stereocenters. The number of aryl methyl sites for hydroxylation is 1. The fourth-order valence-corrected chi connectivity index (χ4v) is 2.26. The lowest BCUT2D eigenvalue weighted by Crippen LogP contribution is -2.19. The molecule has 0 aromatic heterocycles. The van der Waals surface area contributed by atoms with Crippen molar-refractivity contribution in [2.45, 2.75) is 19.8 Å². The van der Waals surface area contributed by atoms with Crippen LogP contribution in [0.4, 0.5) is 0 Å². The third-order valence-corrected chi connectivity index (χ3v) is 3.11. The van der Waals surface area contributed by atoms with Crippen LogP contribution in [-0.2, 0) is 0 Å². The second-order valence-corrected chi connectivity index (χ2v) is 4.40. The van der Waals surface area contributed by atoms with E-state index < -0.39 is 0 Å². The average molecular weight is 200 g/mol. The van der Waals surface area contributed by atoms with Crippen LogP contribution in [0.5, 0.6) is 0 Å². The highest BCUT2D eigenvalue weighted by atomic mass is 14.9. The monoisotopic (exact) mass is 200 g/mol. The van der Waals surface area contributed by atoms with Gasteiger partial charge in [0.25, 0.3) is 0 Å². The Labute approximate surface area is 91.8 Å². The van der Waals surface area contributed by atoms with Gasteiger partial charge >= 0.3 is 0 Å². The molecule has 1 aliphatic rings. The minimum absolute atomic E-state index is 0.530. The molecule has 15 heavy (non-hydrogen) atoms. The Morgan fingerprint density at radius 1 is 1.20 bits per heavy atom. The highest BCUT2D eigenvalue weighted by Gasteiger charge is 2.22. The molecule has 0 fully saturated rings. The third kappa shape index (κ3) is 2.01. The molecule has 0 N–H and O–H groups in total. The maximum Gasteiger partial charge on any atom is 0.164 e. The SMILES string of the molecule is Cc1ccccc1C1C=C[N+](C)=C[C@@H]1C. The molecule has 1 unspecified atom stereocenters. The quantitative estimate of drug-likeness (QED) is 0.613. The van der Waals surface area contributed by atoms with E-state index in [1.54, 1.807) is 0 Å². The Bertz CT molecular complexity index is 415. The lowest BCUT2D eigenvalue weighted by Gasteiger charge is -2.20. The van der Waals surface area contributed by atoms with Gasteiger partial charge in [0.2, 0.25) is 0 Å². The van der Waals surface area contributed by atoms with Crippen LogP contribution in [0.3, 0.4) is 0 Å². The summed E-state index contributed by atoms with van der Waals surface area (Å²) in [7, 11) is 2.08. The van der Waals surface area contributed by atoms with Crippen molar-refractivity contribution < 1.29 is 4.58 Å². The van der Waals surface area contributed by atoms with E-state index in [0.717, 1.165) is 0 Å². The third-order valence-electron chi connectivity index (χ3n) is 3.11. The van der Waals surface area contributed by atoms with Gasteiger partial charge in [-0.3, -0.25) is 0 Å². The fourth-order valence-electron chi connectivity index (χ4n) is 2.26. The summed E-state index contributed by atoms with van der Waals surface area (Å²) in [5.74, 6) is 1.10. The van der Waals surface area contributed by atoms with E-state index in [4.69, 9.17) is 0 Å². The second kappa shape index (κ2) is 4.01. The molecule has 1 heteroatoms. The number of benzene rings is 1. The van der Waals surface area contributed by atoms with Crippen LogP contribution in [0, 0.1) is 12.8 Å². The van der Waals surface area contributed by atoms with E-state index in [1.807, 2.05) is 0 Å². The molecule has 0 saturated heterocycles. The summed E-state index contributed by atoms with van der Waals surface area (Å²) in [6.07, 6.45) is 6.72. The van der Waals surface area contributed by atoms with E-state index in [1.165, 1.54) is 11.1 Å². The van der Waals surface area contributed by atoms with Gasteiger partial charge in [-0.05, 0) is 24.1 Å². The Kier molecular flexibility index (Phi) is 2.72. The van der Waals surface area contributed by atoms with E-state index >= 15 is 0 Å². The van der Waals surface area contributed by atoms with Crippen molar-refractivity contribution in [2.75, 3.05) is 7.05 Å². The topological polar surface area (TPSA) is 3.01 Å². The normalized spacial score (nSPS) is 25.1. The first-order chi connectivity index (χ1) is 7.18. The van der Waals surface area contributed by atoms with Gasteiger partial charge in [0.05, 0.1) is 0 Å². The molecule has 78 valence electrons. The second-order valence-electron chi connectivity index (χ2n) is 4.40. The lowest BCUT2D eigenvalue weighted by molar-refractivity contribution is -0.421. The summed E-state index contributed by atoms with van der Waals surface area (Å²) in [6, 6.07) is 8.65. The lowest BCUT2D eigenvalue weighted by atomic mass is 9.84. The summed E-state index contributed by atoms with van der Waals surface area (Å²) < 4.78 is 2.14. The minimum atomic E-state index is 0.530. The molecule has 0 aliphatic carbocycles. The van der Waals surface area contributed by atoms with Crippen LogP contribution >= 0.6 is 0 Å². The molecular formula is C14H18N+. The van der Waals surface area contributed by atoms with Crippen molar-refractivity contribution >= 4 is 6.21 Å². The van der Waals surface area contributed by atoms with Gasteiger partial charge in [-0.25, -0.2) is 4.58 Å². The van der Waals surface area contributed by atoms with Gasteiger partial charge in [-0.2, -0.15) is 0 Å². The zero-order chi connectivity index (χ0) is 10.8. The van der Waals surface area contributed by atoms with Crippen molar-refractivity contribution in [3.8, 4) is 0 Å². The molecule has 1 aromatic carbocycles. The minimum Gasteiger partial charge on any atom is -0.212 e. The van der Waals surface area contributed by atoms with Crippen molar-refractivity contribution in [3.63, 3.8) is 0 Å². The van der Waals surface area contributed by atoms with Gasteiger partial charge in [0.1, 0.15) is 13.3 Å². The predicted molar refractivity (Wildman–Crippen MR) is 64.5 cm³/mol. The van der Waals surface area contributed by atoms with Crippen LogP contribution in [-0.4, -0.2) is 17.8 Å². The molecule has 0 radical (unpaired) electrons. The number of allylic oxidation sites excluding steroid dienone is 1. The maximum atomic E-state index is 2.30. The van der Waals surface area contributed by atoms with Gasteiger partial charge in [0.15, 0.2) is 6.20 Å². The number of hydrogen-bond donors (Lipinski definition) is 0. The summed E-state index contributed by atoms with van der Waals surface area (Å²) in [5.41, 5.74) is 2.84. The zero-order valence-corrected chi connectivity index (χ0v) is 9.64. The van der Waals surface area contributed by atoms with Crippen molar-refractivity contribution in [1.82, 2.24) is 0 Å². The first kappa shape index (κ1) is 10.2. The Morgan fingerprint density at radius 3 is 2.60 bits per heavy atom. The van der Waals surface area contributed by atoms with Gasteiger partial charge < -0.3 is 0 Å². The summed E-state index contributed by atoms with van der Waals surface area (Å²) in [5, 5.41) is 0. The Hall–Kier alpha value is -1.37. The highest BCUT2D eigenvalue weighted by molar-refractivity contribution is 5.59. The molecule has 1 heterocycles. The average Bonchev–Trinajstić information content (AvgIpc) is 2.20. The molecule has 0 spiro atoms. The van der Waals surface area contributed by atoms with E-state index in [9.17, 15) is 0 Å². The number of rotatable bonds is 1. The summed E-state index contributed by atoms with van der Waals surface area (Å²) >= 11 is 0. The fraction of sp³-hybridized carbons (Fsp3) is 0.357. The Morgan fingerprint density at radius 2 is 1.93 bits per heavy atom. The highest BCUT2D eigenvalue weighted by Crippen LogP contribution is 2.29. The number of nitrogens with zero attached hydrogens (tertiary/aromatic N) is 1. The summed E-state index contributed by atoms with van der Waals surface area (Å²) in [6.45, 7) is 4.46. The van der Waals surface area contributed by atoms with Crippen molar-refractivity contribution in [3.05, 3.63) is 47.7 Å². The molecule has 1 aliphatic heterocycles. The van der Waals surface area contributed by atoms with Crippen LogP contribution in [0.15, 0.2) is 36.5 Å². The van der Waals surface area contributed by atoms with E-state index in [2.05, 4.69) is 68.2 Å².